The fourth-order valence-electron chi connectivity index (χ4n) is 9.89. The molecular weight excluding hydrogens is 1380 g/mol. The highest BCUT2D eigenvalue weighted by Gasteiger charge is 2.32. The Morgan fingerprint density at radius 2 is 0.856 bits per heavy atom. The Morgan fingerprint density at radius 1 is 0.423 bits per heavy atom. The molecule has 0 aliphatic carbocycles. The summed E-state index contributed by atoms with van der Waals surface area (Å²) in [6.45, 7) is 4.64. The van der Waals surface area contributed by atoms with Gasteiger partial charge in [0.2, 0.25) is 53.3 Å². The molecule has 104 heavy (non-hydrogen) atoms. The molecule has 0 spiro atoms. The molecule has 0 amide bonds. The van der Waals surface area contributed by atoms with Crippen molar-refractivity contribution >= 4 is 87.6 Å². The van der Waals surface area contributed by atoms with Crippen LogP contribution in [0.3, 0.4) is 0 Å². The van der Waals surface area contributed by atoms with Crippen LogP contribution in [-0.2, 0) is 10.9 Å². The minimum absolute atomic E-state index is 0.0674. The number of rotatable bonds is 21. The number of morpholine rings is 1. The van der Waals surface area contributed by atoms with Gasteiger partial charge in [0.15, 0.2) is 34.8 Å². The fraction of sp³-hybridized carbons (Fsp3) is 0.212. The molecule has 4 aromatic carbocycles. The Morgan fingerprint density at radius 3 is 1.30 bits per heavy atom. The lowest BCUT2D eigenvalue weighted by Crippen LogP contribution is -2.36. The number of ether oxygens (including phenoxy) is 9. The Kier molecular flexibility index (Phi) is 23.8. The van der Waals surface area contributed by atoms with E-state index in [0.29, 0.717) is 103 Å². The van der Waals surface area contributed by atoms with Gasteiger partial charge < -0.3 is 91.7 Å². The number of nitrogen functional groups attached to an aromatic ring is 4. The van der Waals surface area contributed by atoms with Gasteiger partial charge in [0.1, 0.15) is 28.7 Å². The highest BCUT2D eigenvalue weighted by Crippen LogP contribution is 2.44. The molecule has 0 saturated carbocycles. The lowest BCUT2D eigenvalue weighted by molar-refractivity contribution is -0.137. The number of nitrogens with two attached hydrogens (primary N) is 4. The van der Waals surface area contributed by atoms with Crippen molar-refractivity contribution in [3.8, 4) is 69.3 Å². The first-order valence-corrected chi connectivity index (χ1v) is 31.3. The van der Waals surface area contributed by atoms with Gasteiger partial charge in [-0.1, -0.05) is 29.8 Å². The van der Waals surface area contributed by atoms with Crippen molar-refractivity contribution < 1.29 is 55.8 Å². The molecule has 34 nitrogen and oxygen atoms in total. The average molecular weight is 1450 g/mol. The predicted molar refractivity (Wildman–Crippen MR) is 383 cm³/mol. The van der Waals surface area contributed by atoms with E-state index >= 15 is 0 Å². The molecule has 1 fully saturated rings. The highest BCUT2D eigenvalue weighted by atomic mass is 35.5. The second-order valence-corrected chi connectivity index (χ2v) is 21.8. The second-order valence-electron chi connectivity index (χ2n) is 21.4. The van der Waals surface area contributed by atoms with Crippen molar-refractivity contribution in [2.45, 2.75) is 13.1 Å². The van der Waals surface area contributed by atoms with Gasteiger partial charge in [-0.05, 0) is 91.9 Å². The monoisotopic (exact) mass is 1450 g/mol. The molecular formula is C66H71ClF3N25O9. The Hall–Kier alpha value is -13.3. The zero-order valence-corrected chi connectivity index (χ0v) is 58.0. The third kappa shape index (κ3) is 17.8. The summed E-state index contributed by atoms with van der Waals surface area (Å²) in [5, 5.41) is 29.8. The normalized spacial score (nSPS) is 11.6. The molecule has 0 unspecified atom stereocenters. The SMILES string of the molecule is COc1cc(N2CCOCC2)ccc1Nc1nc(N)n(-c2ccccn2)n1.COc1cc(Nc2nc(N)n(-c3ccccn3)n2)c(OC)cc1Cl.COc1ccc(Nc2nc(N)n(-c3cc(C(F)(F)F)cc(C)n3)n2)c(OC)c1.COc1ccc(Nc2nc(N)n(-c3ccccn3)n2)c(OC)c1OC. The molecule has 542 valence electrons. The first-order chi connectivity index (χ1) is 50.2. The van der Waals surface area contributed by atoms with Crippen LogP contribution in [0, 0.1) is 6.92 Å². The van der Waals surface area contributed by atoms with E-state index in [4.69, 9.17) is 77.2 Å². The first-order valence-electron chi connectivity index (χ1n) is 31.0. The zero-order valence-electron chi connectivity index (χ0n) is 57.3. The van der Waals surface area contributed by atoms with Crippen molar-refractivity contribution in [2.24, 2.45) is 0 Å². The molecule has 9 heterocycles. The third-order valence-corrected chi connectivity index (χ3v) is 15.0. The maximum atomic E-state index is 13.1. The number of nitrogens with zero attached hydrogens (tertiary/aromatic N) is 17. The number of hydrogen-bond donors (Lipinski definition) is 8. The van der Waals surface area contributed by atoms with E-state index in [2.05, 4.69) is 86.4 Å². The van der Waals surface area contributed by atoms with Gasteiger partial charge in [0.05, 0.1) is 103 Å². The molecule has 12 aromatic rings. The van der Waals surface area contributed by atoms with Crippen LogP contribution in [-0.4, -0.2) is 162 Å². The van der Waals surface area contributed by atoms with Gasteiger partial charge in [-0.3, -0.25) is 0 Å². The lowest BCUT2D eigenvalue weighted by atomic mass is 10.2. The van der Waals surface area contributed by atoms with Crippen molar-refractivity contribution in [2.75, 3.05) is 132 Å². The van der Waals surface area contributed by atoms with Crippen LogP contribution >= 0.6 is 11.6 Å². The number of alkyl halides is 3. The van der Waals surface area contributed by atoms with Crippen LogP contribution in [0.1, 0.15) is 11.3 Å². The largest absolute Gasteiger partial charge is 0.497 e. The second kappa shape index (κ2) is 33.7. The summed E-state index contributed by atoms with van der Waals surface area (Å²) in [4.78, 5) is 35.7. The molecule has 0 radical (unpaired) electrons. The topological polar surface area (TPSA) is 413 Å². The van der Waals surface area contributed by atoms with Crippen LogP contribution in [0.2, 0.25) is 5.02 Å². The van der Waals surface area contributed by atoms with Gasteiger partial charge in [-0.25, -0.2) is 19.9 Å². The van der Waals surface area contributed by atoms with Crippen LogP contribution in [0.15, 0.2) is 146 Å². The first kappa shape index (κ1) is 73.4. The number of hydrogen-bond acceptors (Lipinski definition) is 30. The number of halogens is 4. The molecule has 1 aliphatic rings. The highest BCUT2D eigenvalue weighted by molar-refractivity contribution is 6.32. The van der Waals surface area contributed by atoms with Crippen LogP contribution in [0.25, 0.3) is 23.3 Å². The molecule has 12 N–H and O–H groups in total. The third-order valence-electron chi connectivity index (χ3n) is 14.7. The number of pyridine rings is 4. The molecule has 1 aliphatic heterocycles. The standard InChI is InChI=1S/C18H21N7O2.C17H17F3N6O2.C16H18N6O3.C15H15ClN6O2/c1-26-15-12-13(24-8-10-27-11-9-24)5-6-14(15)21-18-22-17(19)25(23-18)16-4-2-3-7-20-16;1-9-6-10(17(18,19)20)7-14(22-9)26-15(21)24-16(25-26)23-12-5-4-11(27-2)8-13(12)28-3;1-23-11-8-7-10(13(24-2)14(11)25-3)19-16-20-15(17)22(21-16)12-6-4-5-9-18-12;1-23-11-8-10(12(24-2)7-9(11)16)19-15-20-14(17)22(21-15)13-5-3-4-6-18-13/h2-7,12H,8-11H2,1H3,(H3,19,21,22,23);4-8H,1-3H3,(H3,21,23,24,25);4-9H,1-3H3,(H3,17,19,20,21);3-8H,1-2H3,(H3,17,19,20,21). The molecule has 13 rings (SSSR count). The Labute approximate surface area is 597 Å². The summed E-state index contributed by atoms with van der Waals surface area (Å²) in [7, 11) is 12.3. The molecule has 1 saturated heterocycles. The van der Waals surface area contributed by atoms with Gasteiger partial charge in [0, 0.05) is 67.3 Å². The summed E-state index contributed by atoms with van der Waals surface area (Å²) >= 11 is 6.10. The van der Waals surface area contributed by atoms with E-state index in [1.807, 2.05) is 54.6 Å². The van der Waals surface area contributed by atoms with Crippen LogP contribution < -0.4 is 87.0 Å². The number of nitrogens with one attached hydrogen (secondary N) is 4. The maximum Gasteiger partial charge on any atom is 0.416 e. The van der Waals surface area contributed by atoms with Gasteiger partial charge >= 0.3 is 6.18 Å². The van der Waals surface area contributed by atoms with E-state index in [9.17, 15) is 13.2 Å². The van der Waals surface area contributed by atoms with Gasteiger partial charge in [-0.2, -0.15) is 51.8 Å². The Balaban J connectivity index is 0.000000149. The summed E-state index contributed by atoms with van der Waals surface area (Å²) < 4.78 is 92.5. The summed E-state index contributed by atoms with van der Waals surface area (Å²) in [5.74, 6) is 7.47. The van der Waals surface area contributed by atoms with Gasteiger partial charge in [0.25, 0.3) is 0 Å². The number of anilines is 13. The van der Waals surface area contributed by atoms with E-state index in [1.165, 1.54) is 63.6 Å². The number of aromatic nitrogens is 16. The minimum atomic E-state index is -4.52. The number of benzene rings is 4. The minimum Gasteiger partial charge on any atom is -0.497 e. The van der Waals surface area contributed by atoms with Crippen molar-refractivity contribution in [1.82, 2.24) is 79.0 Å². The maximum absolute atomic E-state index is 13.1. The van der Waals surface area contributed by atoms with Crippen molar-refractivity contribution in [1.29, 1.82) is 0 Å². The fourth-order valence-corrected chi connectivity index (χ4v) is 10.1. The number of methoxy groups -OCH3 is 8. The Bertz CT molecular complexity index is 4840. The molecule has 0 bridgehead atoms. The van der Waals surface area contributed by atoms with Gasteiger partial charge in [-0.15, -0.1) is 20.4 Å². The van der Waals surface area contributed by atoms with E-state index in [-0.39, 0.29) is 41.3 Å². The molecule has 38 heteroatoms. The van der Waals surface area contributed by atoms with E-state index < -0.39 is 11.7 Å². The predicted octanol–water partition coefficient (Wildman–Crippen LogP) is 9.84. The van der Waals surface area contributed by atoms with E-state index in [0.717, 1.165) is 54.5 Å². The lowest BCUT2D eigenvalue weighted by Gasteiger charge is -2.29. The number of aryl methyl sites for hydroxylation is 1. The summed E-state index contributed by atoms with van der Waals surface area (Å²) in [6.07, 6.45) is 0.462. The summed E-state index contributed by atoms with van der Waals surface area (Å²) in [5.41, 5.74) is 26.5. The van der Waals surface area contributed by atoms with Crippen LogP contribution in [0.4, 0.5) is 89.2 Å². The van der Waals surface area contributed by atoms with Crippen LogP contribution in [0.5, 0.6) is 46.0 Å². The summed E-state index contributed by atoms with van der Waals surface area (Å²) in [6, 6.07) is 36.0. The average Bonchev–Trinajstić information content (AvgIpc) is 1.40. The zero-order chi connectivity index (χ0) is 74.0. The smallest absolute Gasteiger partial charge is 0.416 e. The quantitative estimate of drug-likeness (QED) is 0.0331. The van der Waals surface area contributed by atoms with E-state index in [1.54, 1.807) is 93.5 Å². The van der Waals surface area contributed by atoms with Crippen molar-refractivity contribution in [3.05, 3.63) is 162 Å². The molecule has 0 atom stereocenters. The molecule has 8 aromatic heterocycles. The van der Waals surface area contributed by atoms with Crippen molar-refractivity contribution in [3.63, 3.8) is 0 Å².